The summed E-state index contributed by atoms with van der Waals surface area (Å²) in [5, 5.41) is 2.96. The molecule has 0 aromatic rings. The Morgan fingerprint density at radius 2 is 2.47 bits per heavy atom. The Labute approximate surface area is 90.7 Å². The quantitative estimate of drug-likeness (QED) is 0.640. The van der Waals surface area contributed by atoms with Gasteiger partial charge in [-0.25, -0.2) is 0 Å². The van der Waals surface area contributed by atoms with Crippen LogP contribution in [0.15, 0.2) is 0 Å². The van der Waals surface area contributed by atoms with Gasteiger partial charge in [-0.05, 0) is 14.0 Å². The molecular formula is C10H20N2O3. The van der Waals surface area contributed by atoms with Crippen molar-refractivity contribution in [3.8, 4) is 0 Å². The Morgan fingerprint density at radius 1 is 1.73 bits per heavy atom. The fourth-order valence-electron chi connectivity index (χ4n) is 1.69. The number of rotatable bonds is 4. The van der Waals surface area contributed by atoms with Crippen molar-refractivity contribution in [3.05, 3.63) is 0 Å². The summed E-state index contributed by atoms with van der Waals surface area (Å²) in [6.45, 7) is 5.12. The van der Waals surface area contributed by atoms with Crippen LogP contribution in [0.3, 0.4) is 0 Å². The van der Waals surface area contributed by atoms with Crippen LogP contribution in [-0.2, 0) is 14.3 Å². The lowest BCUT2D eigenvalue weighted by atomic mass is 10.2. The van der Waals surface area contributed by atoms with Gasteiger partial charge in [0.05, 0.1) is 20.3 Å². The summed E-state index contributed by atoms with van der Waals surface area (Å²) in [5.74, 6) is -0.212. The lowest BCUT2D eigenvalue weighted by molar-refractivity contribution is -0.144. The highest BCUT2D eigenvalue weighted by molar-refractivity contribution is 5.75. The molecule has 1 N–H and O–H groups in total. The smallest absolute Gasteiger partial charge is 0.324 e. The van der Waals surface area contributed by atoms with Crippen LogP contribution in [0, 0.1) is 0 Å². The highest BCUT2D eigenvalue weighted by Gasteiger charge is 2.25. The Balaban J connectivity index is 2.46. The maximum atomic E-state index is 11.4. The molecule has 2 unspecified atom stereocenters. The van der Waals surface area contributed by atoms with Crippen LogP contribution >= 0.6 is 0 Å². The van der Waals surface area contributed by atoms with E-state index in [0.29, 0.717) is 12.6 Å². The van der Waals surface area contributed by atoms with Gasteiger partial charge in [-0.1, -0.05) is 0 Å². The minimum Gasteiger partial charge on any atom is -0.468 e. The summed E-state index contributed by atoms with van der Waals surface area (Å²) < 4.78 is 10.1. The second kappa shape index (κ2) is 6.05. The second-order valence-corrected chi connectivity index (χ2v) is 3.78. The zero-order valence-corrected chi connectivity index (χ0v) is 9.66. The molecule has 0 aliphatic carbocycles. The average Bonchev–Trinajstić information content (AvgIpc) is 2.27. The average molecular weight is 216 g/mol. The lowest BCUT2D eigenvalue weighted by Gasteiger charge is -2.34. The predicted molar refractivity (Wildman–Crippen MR) is 56.7 cm³/mol. The molecule has 0 spiro atoms. The van der Waals surface area contributed by atoms with Gasteiger partial charge < -0.3 is 14.8 Å². The van der Waals surface area contributed by atoms with Gasteiger partial charge in [0.1, 0.15) is 6.04 Å². The molecule has 0 amide bonds. The number of hydrogen-bond donors (Lipinski definition) is 1. The summed E-state index contributed by atoms with van der Waals surface area (Å²) in [6, 6.07) is 0.106. The van der Waals surface area contributed by atoms with Gasteiger partial charge in [-0.2, -0.15) is 0 Å². The number of carbonyl (C=O) groups is 1. The van der Waals surface area contributed by atoms with E-state index < -0.39 is 0 Å². The van der Waals surface area contributed by atoms with Crippen LogP contribution in [-0.4, -0.2) is 63.4 Å². The fraction of sp³-hybridized carbons (Fsp3) is 0.900. The molecule has 15 heavy (non-hydrogen) atoms. The molecule has 1 heterocycles. The van der Waals surface area contributed by atoms with Crippen LogP contribution in [0.5, 0.6) is 0 Å². The van der Waals surface area contributed by atoms with Crippen molar-refractivity contribution < 1.29 is 14.3 Å². The molecule has 1 saturated heterocycles. The summed E-state index contributed by atoms with van der Waals surface area (Å²) in [5.41, 5.74) is 0. The van der Waals surface area contributed by atoms with Gasteiger partial charge in [-0.15, -0.1) is 0 Å². The number of nitrogens with zero attached hydrogens (tertiary/aromatic N) is 1. The van der Waals surface area contributed by atoms with Crippen LogP contribution < -0.4 is 5.32 Å². The van der Waals surface area contributed by atoms with E-state index in [-0.39, 0.29) is 12.0 Å². The molecule has 1 aliphatic rings. The van der Waals surface area contributed by atoms with Crippen molar-refractivity contribution in [2.24, 2.45) is 0 Å². The normalized spacial score (nSPS) is 24.9. The first-order chi connectivity index (χ1) is 7.19. The van der Waals surface area contributed by atoms with Crippen molar-refractivity contribution >= 4 is 5.97 Å². The second-order valence-electron chi connectivity index (χ2n) is 3.78. The lowest BCUT2D eigenvalue weighted by Crippen LogP contribution is -2.52. The molecule has 0 saturated carbocycles. The van der Waals surface area contributed by atoms with Crippen molar-refractivity contribution in [3.63, 3.8) is 0 Å². The summed E-state index contributed by atoms with van der Waals surface area (Å²) in [7, 11) is 3.18. The van der Waals surface area contributed by atoms with Crippen molar-refractivity contribution in [1.82, 2.24) is 10.2 Å². The standard InChI is InChI=1S/C10H20N2O3/c1-8-7-15-5-4-12(8)6-9(11-2)10(13)14-3/h8-9,11H,4-7H2,1-3H3. The largest absolute Gasteiger partial charge is 0.468 e. The van der Waals surface area contributed by atoms with Gasteiger partial charge in [0.25, 0.3) is 0 Å². The number of esters is 1. The van der Waals surface area contributed by atoms with Crippen molar-refractivity contribution in [2.75, 3.05) is 40.5 Å². The highest BCUT2D eigenvalue weighted by Crippen LogP contribution is 2.07. The number of likely N-dealkylation sites (N-methyl/N-ethyl adjacent to an activating group) is 1. The molecule has 0 aromatic heterocycles. The third-order valence-corrected chi connectivity index (χ3v) is 2.76. The van der Waals surface area contributed by atoms with E-state index in [1.54, 1.807) is 7.05 Å². The monoisotopic (exact) mass is 216 g/mol. The van der Waals surface area contributed by atoms with Gasteiger partial charge >= 0.3 is 5.97 Å². The first-order valence-corrected chi connectivity index (χ1v) is 5.26. The molecule has 2 atom stereocenters. The summed E-state index contributed by atoms with van der Waals surface area (Å²) in [6.07, 6.45) is 0. The minimum absolute atomic E-state index is 0.212. The van der Waals surface area contributed by atoms with Gasteiger partial charge in [0.15, 0.2) is 0 Å². The summed E-state index contributed by atoms with van der Waals surface area (Å²) in [4.78, 5) is 13.6. The SMILES string of the molecule is CNC(CN1CCOCC1C)C(=O)OC. The third kappa shape index (κ3) is 3.44. The van der Waals surface area contributed by atoms with E-state index in [1.807, 2.05) is 0 Å². The van der Waals surface area contributed by atoms with Gasteiger partial charge in [-0.3, -0.25) is 9.69 Å². The predicted octanol–water partition coefficient (Wildman–Crippen LogP) is -0.532. The topological polar surface area (TPSA) is 50.8 Å². The molecule has 88 valence electrons. The maximum Gasteiger partial charge on any atom is 0.324 e. The molecule has 1 rings (SSSR count). The molecule has 0 bridgehead atoms. The number of methoxy groups -OCH3 is 1. The number of morpholine rings is 1. The Bertz CT molecular complexity index is 211. The number of carbonyl (C=O) groups excluding carboxylic acids is 1. The maximum absolute atomic E-state index is 11.4. The summed E-state index contributed by atoms with van der Waals surface area (Å²) >= 11 is 0. The van der Waals surface area contributed by atoms with E-state index in [4.69, 9.17) is 9.47 Å². The molecule has 0 aromatic carbocycles. The zero-order chi connectivity index (χ0) is 11.3. The zero-order valence-electron chi connectivity index (χ0n) is 9.66. The number of ether oxygens (including phenoxy) is 2. The van der Waals surface area contributed by atoms with Crippen LogP contribution in [0.4, 0.5) is 0 Å². The van der Waals surface area contributed by atoms with Crippen molar-refractivity contribution in [1.29, 1.82) is 0 Å². The van der Waals surface area contributed by atoms with E-state index >= 15 is 0 Å². The third-order valence-electron chi connectivity index (χ3n) is 2.76. The highest BCUT2D eigenvalue weighted by atomic mass is 16.5. The van der Waals surface area contributed by atoms with Crippen LogP contribution in [0.1, 0.15) is 6.92 Å². The molecule has 0 radical (unpaired) electrons. The van der Waals surface area contributed by atoms with Crippen LogP contribution in [0.25, 0.3) is 0 Å². The molecule has 1 aliphatic heterocycles. The molecule has 5 heteroatoms. The minimum atomic E-state index is -0.254. The van der Waals surface area contributed by atoms with Gasteiger partial charge in [0, 0.05) is 19.1 Å². The number of hydrogen-bond acceptors (Lipinski definition) is 5. The Kier molecular flexibility index (Phi) is 5.01. The van der Waals surface area contributed by atoms with Gasteiger partial charge in [0.2, 0.25) is 0 Å². The molecule has 1 fully saturated rings. The molecule has 5 nitrogen and oxygen atoms in total. The van der Waals surface area contributed by atoms with E-state index in [1.165, 1.54) is 7.11 Å². The van der Waals surface area contributed by atoms with E-state index in [2.05, 4.69) is 17.1 Å². The van der Waals surface area contributed by atoms with Crippen LogP contribution in [0.2, 0.25) is 0 Å². The number of nitrogens with one attached hydrogen (secondary N) is 1. The first-order valence-electron chi connectivity index (χ1n) is 5.26. The molecular weight excluding hydrogens is 196 g/mol. The fourth-order valence-corrected chi connectivity index (χ4v) is 1.69. The van der Waals surface area contributed by atoms with E-state index in [9.17, 15) is 4.79 Å². The Morgan fingerprint density at radius 3 is 3.00 bits per heavy atom. The Hall–Kier alpha value is -0.650. The van der Waals surface area contributed by atoms with E-state index in [0.717, 1.165) is 19.8 Å². The van der Waals surface area contributed by atoms with Crippen molar-refractivity contribution in [2.45, 2.75) is 19.0 Å². The first kappa shape index (κ1) is 12.4.